The lowest BCUT2D eigenvalue weighted by Gasteiger charge is -2.34. The van der Waals surface area contributed by atoms with Crippen LogP contribution in [0, 0.1) is 0 Å². The third-order valence-corrected chi connectivity index (χ3v) is 5.20. The molecule has 0 aromatic heterocycles. The third kappa shape index (κ3) is 7.42. The van der Waals surface area contributed by atoms with Gasteiger partial charge in [-0.25, -0.2) is 13.1 Å². The number of hydrogen-bond acceptors (Lipinski definition) is 5. The molecule has 6 nitrogen and oxygen atoms in total. The molecule has 1 saturated heterocycles. The lowest BCUT2D eigenvalue weighted by Crippen LogP contribution is -2.52. The second kappa shape index (κ2) is 8.60. The van der Waals surface area contributed by atoms with Crippen molar-refractivity contribution in [2.75, 3.05) is 13.1 Å². The van der Waals surface area contributed by atoms with Crippen molar-refractivity contribution in [1.29, 1.82) is 0 Å². The van der Waals surface area contributed by atoms with Crippen LogP contribution >= 0.6 is 0 Å². The number of ether oxygens (including phenoxy) is 1. The molecule has 0 bridgehead atoms. The Balaban J connectivity index is 0.000000351. The van der Waals surface area contributed by atoms with Crippen molar-refractivity contribution in [2.45, 2.75) is 56.6 Å². The quantitative estimate of drug-likeness (QED) is 0.807. The van der Waals surface area contributed by atoms with Crippen LogP contribution in [0.2, 0.25) is 0 Å². The Hall–Kier alpha value is -1.44. The van der Waals surface area contributed by atoms with Gasteiger partial charge in [-0.3, -0.25) is 4.79 Å². The fourth-order valence-electron chi connectivity index (χ4n) is 2.21. The second-order valence-corrected chi connectivity index (χ2v) is 8.74. The maximum atomic E-state index is 12.2. The zero-order chi connectivity index (χ0) is 18.3. The highest BCUT2D eigenvalue weighted by Gasteiger charge is 2.31. The summed E-state index contributed by atoms with van der Waals surface area (Å²) in [5.41, 5.74) is -0.651. The van der Waals surface area contributed by atoms with E-state index in [2.05, 4.69) is 14.8 Å². The predicted molar refractivity (Wildman–Crippen MR) is 94.2 cm³/mol. The fourth-order valence-corrected chi connectivity index (χ4v) is 3.69. The van der Waals surface area contributed by atoms with E-state index in [4.69, 9.17) is 0 Å². The Morgan fingerprint density at radius 2 is 1.71 bits per heavy atom. The van der Waals surface area contributed by atoms with Gasteiger partial charge in [0.25, 0.3) is 6.47 Å². The van der Waals surface area contributed by atoms with Crippen molar-refractivity contribution in [3.63, 3.8) is 0 Å². The first kappa shape index (κ1) is 20.6. The largest absolute Gasteiger partial charge is 0.462 e. The molecule has 0 amide bonds. The molecule has 0 unspecified atom stereocenters. The molecule has 0 spiro atoms. The van der Waals surface area contributed by atoms with E-state index in [0.717, 1.165) is 25.9 Å². The van der Waals surface area contributed by atoms with E-state index in [-0.39, 0.29) is 11.1 Å². The number of carbonyl (C=O) groups is 1. The molecule has 1 aromatic rings. The van der Waals surface area contributed by atoms with Gasteiger partial charge in [0.15, 0.2) is 0 Å². The Kier molecular flexibility index (Phi) is 7.38. The zero-order valence-corrected chi connectivity index (χ0v) is 15.7. The van der Waals surface area contributed by atoms with Crippen LogP contribution in [-0.4, -0.2) is 39.1 Å². The molecule has 2 rings (SSSR count). The Morgan fingerprint density at radius 3 is 2.12 bits per heavy atom. The lowest BCUT2D eigenvalue weighted by atomic mass is 9.92. The first-order valence-corrected chi connectivity index (χ1v) is 9.48. The van der Waals surface area contributed by atoms with E-state index >= 15 is 0 Å². The van der Waals surface area contributed by atoms with E-state index in [0.29, 0.717) is 11.4 Å². The summed E-state index contributed by atoms with van der Waals surface area (Å²) < 4.78 is 31.7. The monoisotopic (exact) mass is 356 g/mol. The lowest BCUT2D eigenvalue weighted by molar-refractivity contribution is -0.138. The van der Waals surface area contributed by atoms with Gasteiger partial charge in [-0.05, 0) is 65.8 Å². The molecule has 1 aliphatic rings. The highest BCUT2D eigenvalue weighted by molar-refractivity contribution is 7.89. The molecule has 1 aliphatic heterocycles. The number of piperidine rings is 1. The Bertz CT molecular complexity index is 603. The standard InChI is InChI=1S/C12H18N2O2S.C5H10O2/c1-12(7-9-13-10-8-12)14-17(15,16)11-5-3-2-4-6-11;1-5(2,3)7-4-6/h2-6,13-14H,7-10H2,1H3;4H,1-3H3. The minimum Gasteiger partial charge on any atom is -0.462 e. The Morgan fingerprint density at radius 1 is 1.17 bits per heavy atom. The molecule has 0 aliphatic carbocycles. The van der Waals surface area contributed by atoms with Gasteiger partial charge in [0.05, 0.1) is 4.90 Å². The van der Waals surface area contributed by atoms with Crippen LogP contribution < -0.4 is 10.0 Å². The molecule has 0 atom stereocenters. The molecule has 24 heavy (non-hydrogen) atoms. The van der Waals surface area contributed by atoms with Crippen molar-refractivity contribution in [3.8, 4) is 0 Å². The second-order valence-electron chi connectivity index (χ2n) is 7.06. The van der Waals surface area contributed by atoms with Crippen LogP contribution in [0.4, 0.5) is 0 Å². The topological polar surface area (TPSA) is 84.5 Å². The molecular formula is C17H28N2O4S. The van der Waals surface area contributed by atoms with Gasteiger partial charge in [0.1, 0.15) is 5.60 Å². The summed E-state index contributed by atoms with van der Waals surface area (Å²) in [6.07, 6.45) is 1.64. The smallest absolute Gasteiger partial charge is 0.293 e. The predicted octanol–water partition coefficient (Wildman–Crippen LogP) is 2.06. The van der Waals surface area contributed by atoms with Gasteiger partial charge in [-0.2, -0.15) is 0 Å². The number of hydrogen-bond donors (Lipinski definition) is 2. The molecule has 7 heteroatoms. The van der Waals surface area contributed by atoms with Crippen LogP contribution in [0.5, 0.6) is 0 Å². The molecule has 2 N–H and O–H groups in total. The third-order valence-electron chi connectivity index (χ3n) is 3.54. The summed E-state index contributed by atoms with van der Waals surface area (Å²) in [7, 11) is -3.40. The summed E-state index contributed by atoms with van der Waals surface area (Å²) in [5.74, 6) is 0. The Labute approximate surface area is 145 Å². The molecule has 1 heterocycles. The van der Waals surface area contributed by atoms with Gasteiger partial charge in [-0.1, -0.05) is 18.2 Å². The highest BCUT2D eigenvalue weighted by atomic mass is 32.2. The highest BCUT2D eigenvalue weighted by Crippen LogP contribution is 2.20. The van der Waals surface area contributed by atoms with E-state index in [9.17, 15) is 13.2 Å². The average Bonchev–Trinajstić information content (AvgIpc) is 2.47. The van der Waals surface area contributed by atoms with Crippen LogP contribution in [0.3, 0.4) is 0 Å². The van der Waals surface area contributed by atoms with Crippen LogP contribution in [0.15, 0.2) is 35.2 Å². The maximum absolute atomic E-state index is 12.2. The number of rotatable bonds is 4. The summed E-state index contributed by atoms with van der Waals surface area (Å²) in [4.78, 5) is 9.93. The first-order valence-electron chi connectivity index (χ1n) is 7.99. The minimum absolute atomic E-state index is 0.318. The number of carbonyl (C=O) groups excluding carboxylic acids is 1. The van der Waals surface area contributed by atoms with Crippen LogP contribution in [0.25, 0.3) is 0 Å². The van der Waals surface area contributed by atoms with Gasteiger partial charge in [0.2, 0.25) is 10.0 Å². The normalized spacial score (nSPS) is 17.3. The minimum atomic E-state index is -3.40. The molecular weight excluding hydrogens is 328 g/mol. The molecule has 1 aromatic carbocycles. The summed E-state index contributed by atoms with van der Waals surface area (Å²) in [6, 6.07) is 8.52. The van der Waals surface area contributed by atoms with Crippen LogP contribution in [0.1, 0.15) is 40.5 Å². The van der Waals surface area contributed by atoms with Crippen molar-refractivity contribution >= 4 is 16.5 Å². The van der Waals surface area contributed by atoms with Crippen LogP contribution in [-0.2, 0) is 19.6 Å². The van der Waals surface area contributed by atoms with Gasteiger partial charge in [0, 0.05) is 5.54 Å². The van der Waals surface area contributed by atoms with Crippen molar-refractivity contribution in [1.82, 2.24) is 10.0 Å². The van der Waals surface area contributed by atoms with Crippen molar-refractivity contribution in [3.05, 3.63) is 30.3 Å². The number of nitrogens with one attached hydrogen (secondary N) is 2. The fraction of sp³-hybridized carbons (Fsp3) is 0.588. The molecule has 0 radical (unpaired) electrons. The average molecular weight is 356 g/mol. The molecule has 136 valence electrons. The first-order chi connectivity index (χ1) is 11.1. The van der Waals surface area contributed by atoms with Crippen molar-refractivity contribution in [2.24, 2.45) is 0 Å². The SMILES string of the molecule is CC(C)(C)OC=O.CC1(NS(=O)(=O)c2ccccc2)CCNCC1. The van der Waals surface area contributed by atoms with E-state index in [1.54, 1.807) is 24.3 Å². The van der Waals surface area contributed by atoms with E-state index < -0.39 is 10.0 Å². The van der Waals surface area contributed by atoms with Gasteiger partial charge in [-0.15, -0.1) is 0 Å². The van der Waals surface area contributed by atoms with Crippen molar-refractivity contribution < 1.29 is 17.9 Å². The summed E-state index contributed by atoms with van der Waals surface area (Å²) in [6.45, 7) is 9.60. The number of benzene rings is 1. The van der Waals surface area contributed by atoms with Gasteiger partial charge < -0.3 is 10.1 Å². The summed E-state index contributed by atoms with van der Waals surface area (Å²) in [5, 5.41) is 3.23. The zero-order valence-electron chi connectivity index (χ0n) is 14.8. The molecule has 1 fully saturated rings. The maximum Gasteiger partial charge on any atom is 0.293 e. The summed E-state index contributed by atoms with van der Waals surface area (Å²) >= 11 is 0. The van der Waals surface area contributed by atoms with E-state index in [1.807, 2.05) is 33.8 Å². The number of sulfonamides is 1. The molecule has 0 saturated carbocycles. The van der Waals surface area contributed by atoms with E-state index in [1.165, 1.54) is 0 Å². The van der Waals surface area contributed by atoms with Gasteiger partial charge >= 0.3 is 0 Å².